The molecular weight excluding hydrogens is 480 g/mol. The number of carbonyl (C=O) groups is 3. The van der Waals surface area contributed by atoms with Crippen molar-refractivity contribution in [2.45, 2.75) is 125 Å². The molecule has 0 aliphatic rings. The lowest BCUT2D eigenvalue weighted by atomic mass is 9.97. The zero-order valence-corrected chi connectivity index (χ0v) is 24.2. The van der Waals surface area contributed by atoms with Gasteiger partial charge in [0.2, 0.25) is 0 Å². The monoisotopic (exact) mass is 524 g/mol. The molecule has 0 aliphatic carbocycles. The fraction of sp³-hybridized carbons (Fsp3) is 0.679. The van der Waals surface area contributed by atoms with E-state index in [1.807, 2.05) is 34.6 Å². The van der Waals surface area contributed by atoms with Crippen LogP contribution in [-0.4, -0.2) is 35.3 Å². The van der Waals surface area contributed by atoms with Crippen LogP contribution in [-0.2, 0) is 14.2 Å². The van der Waals surface area contributed by atoms with Gasteiger partial charge in [-0.25, -0.2) is 14.4 Å². The van der Waals surface area contributed by atoms with Gasteiger partial charge >= 0.3 is 18.5 Å². The van der Waals surface area contributed by atoms with Gasteiger partial charge in [-0.3, -0.25) is 0 Å². The number of benzene rings is 1. The van der Waals surface area contributed by atoms with Crippen molar-refractivity contribution in [2.75, 3.05) is 0 Å². The molecule has 0 heterocycles. The van der Waals surface area contributed by atoms with Gasteiger partial charge in [0.25, 0.3) is 0 Å². The van der Waals surface area contributed by atoms with E-state index in [-0.39, 0.29) is 23.2 Å². The maximum atomic E-state index is 12.6. The maximum absolute atomic E-state index is 12.6. The van der Waals surface area contributed by atoms with Gasteiger partial charge in [0, 0.05) is 11.6 Å². The molecule has 0 fully saturated rings. The summed E-state index contributed by atoms with van der Waals surface area (Å²) in [7, 11) is 0. The molecule has 0 aromatic heterocycles. The smallest absolute Gasteiger partial charge is 0.428 e. The van der Waals surface area contributed by atoms with E-state index in [4.69, 9.17) is 28.4 Å². The molecule has 1 atom stereocenters. The molecule has 0 spiro atoms. The summed E-state index contributed by atoms with van der Waals surface area (Å²) in [6.45, 7) is 20.0. The van der Waals surface area contributed by atoms with Crippen LogP contribution in [0.2, 0.25) is 0 Å². The Hall–Kier alpha value is -2.97. The van der Waals surface area contributed by atoms with Crippen LogP contribution in [0.25, 0.3) is 0 Å². The van der Waals surface area contributed by atoms with E-state index in [2.05, 4.69) is 0 Å². The van der Waals surface area contributed by atoms with Crippen molar-refractivity contribution in [1.82, 2.24) is 0 Å². The minimum absolute atomic E-state index is 0.0759. The second kappa shape index (κ2) is 13.0. The van der Waals surface area contributed by atoms with E-state index in [9.17, 15) is 14.4 Å². The Labute approximate surface area is 221 Å². The van der Waals surface area contributed by atoms with Crippen LogP contribution in [0, 0.1) is 0 Å². The van der Waals surface area contributed by atoms with Crippen LogP contribution < -0.4 is 14.2 Å². The SMILES string of the molecule is CCC(C)c1cc(OC(=O)OC(C)(C)CC)c(OC(=O)OC(C)(C)CC)cc1OC(=O)OC(C)(C)CC. The molecule has 1 rings (SSSR count). The second-order valence-electron chi connectivity index (χ2n) is 10.8. The third kappa shape index (κ3) is 10.5. The van der Waals surface area contributed by atoms with E-state index in [1.54, 1.807) is 41.5 Å². The van der Waals surface area contributed by atoms with Gasteiger partial charge in [-0.1, -0.05) is 34.6 Å². The predicted octanol–water partition coefficient (Wildman–Crippen LogP) is 8.31. The molecule has 0 saturated carbocycles. The Balaban J connectivity index is 3.50. The average Bonchev–Trinajstić information content (AvgIpc) is 2.78. The Morgan fingerprint density at radius 3 is 1.27 bits per heavy atom. The lowest BCUT2D eigenvalue weighted by molar-refractivity contribution is 0.000511. The predicted molar refractivity (Wildman–Crippen MR) is 140 cm³/mol. The molecule has 37 heavy (non-hydrogen) atoms. The molecule has 0 aliphatic heterocycles. The van der Waals surface area contributed by atoms with Crippen LogP contribution in [0.3, 0.4) is 0 Å². The number of hydrogen-bond donors (Lipinski definition) is 0. The first-order chi connectivity index (χ1) is 17.0. The minimum atomic E-state index is -1.00. The van der Waals surface area contributed by atoms with E-state index in [0.29, 0.717) is 31.2 Å². The van der Waals surface area contributed by atoms with Crippen molar-refractivity contribution in [2.24, 2.45) is 0 Å². The van der Waals surface area contributed by atoms with E-state index >= 15 is 0 Å². The molecule has 1 unspecified atom stereocenters. The van der Waals surface area contributed by atoms with Gasteiger partial charge in [-0.2, -0.15) is 0 Å². The number of carbonyl (C=O) groups excluding carboxylic acids is 3. The van der Waals surface area contributed by atoms with Crippen LogP contribution in [0.15, 0.2) is 12.1 Å². The summed E-state index contributed by atoms with van der Waals surface area (Å²) in [5.74, 6) is -0.244. The summed E-state index contributed by atoms with van der Waals surface area (Å²) in [6.07, 6.45) is -0.505. The molecule has 0 bridgehead atoms. The van der Waals surface area contributed by atoms with Gasteiger partial charge in [-0.05, 0) is 79.2 Å². The van der Waals surface area contributed by atoms with Crippen molar-refractivity contribution in [3.05, 3.63) is 17.7 Å². The summed E-state index contributed by atoms with van der Waals surface area (Å²) >= 11 is 0. The van der Waals surface area contributed by atoms with Crippen LogP contribution in [0.4, 0.5) is 14.4 Å². The molecule has 9 heteroatoms. The summed E-state index contributed by atoms with van der Waals surface area (Å²) in [5, 5.41) is 0. The maximum Gasteiger partial charge on any atom is 0.514 e. The third-order valence-corrected chi connectivity index (χ3v) is 6.43. The number of rotatable bonds is 11. The van der Waals surface area contributed by atoms with Crippen molar-refractivity contribution in [3.63, 3.8) is 0 Å². The number of ether oxygens (including phenoxy) is 6. The highest BCUT2D eigenvalue weighted by Crippen LogP contribution is 2.40. The van der Waals surface area contributed by atoms with E-state index in [1.165, 1.54) is 12.1 Å². The molecular formula is C28H44O9. The summed E-state index contributed by atoms with van der Waals surface area (Å²) < 4.78 is 32.6. The Morgan fingerprint density at radius 2 is 0.946 bits per heavy atom. The van der Waals surface area contributed by atoms with Crippen LogP contribution >= 0.6 is 0 Å². The molecule has 210 valence electrons. The summed E-state index contributed by atoms with van der Waals surface area (Å²) in [6, 6.07) is 2.81. The van der Waals surface area contributed by atoms with Crippen LogP contribution in [0.5, 0.6) is 17.2 Å². The fourth-order valence-electron chi connectivity index (χ4n) is 2.64. The first-order valence-electron chi connectivity index (χ1n) is 12.9. The second-order valence-corrected chi connectivity index (χ2v) is 10.8. The largest absolute Gasteiger partial charge is 0.514 e. The minimum Gasteiger partial charge on any atom is -0.428 e. The fourth-order valence-corrected chi connectivity index (χ4v) is 2.64. The Kier molecular flexibility index (Phi) is 11.3. The molecule has 0 saturated heterocycles. The molecule has 0 N–H and O–H groups in total. The lowest BCUT2D eigenvalue weighted by Gasteiger charge is -2.25. The van der Waals surface area contributed by atoms with Crippen molar-refractivity contribution in [3.8, 4) is 17.2 Å². The van der Waals surface area contributed by atoms with Crippen LogP contribution in [0.1, 0.15) is 113 Å². The zero-order chi connectivity index (χ0) is 28.6. The normalized spacial score (nSPS) is 12.8. The quantitative estimate of drug-likeness (QED) is 0.160. The summed E-state index contributed by atoms with van der Waals surface area (Å²) in [4.78, 5) is 37.7. The third-order valence-electron chi connectivity index (χ3n) is 6.43. The molecule has 1 aromatic carbocycles. The van der Waals surface area contributed by atoms with Crippen molar-refractivity contribution < 1.29 is 42.8 Å². The van der Waals surface area contributed by atoms with Crippen molar-refractivity contribution in [1.29, 1.82) is 0 Å². The highest BCUT2D eigenvalue weighted by molar-refractivity contribution is 5.72. The number of hydrogen-bond acceptors (Lipinski definition) is 9. The Bertz CT molecular complexity index is 947. The van der Waals surface area contributed by atoms with Gasteiger partial charge < -0.3 is 28.4 Å². The van der Waals surface area contributed by atoms with Gasteiger partial charge in [0.15, 0.2) is 11.5 Å². The van der Waals surface area contributed by atoms with Crippen molar-refractivity contribution >= 4 is 18.5 Å². The topological polar surface area (TPSA) is 107 Å². The molecule has 1 aromatic rings. The Morgan fingerprint density at radius 1 is 0.622 bits per heavy atom. The summed E-state index contributed by atoms with van der Waals surface area (Å²) in [5.41, 5.74) is -1.73. The average molecular weight is 525 g/mol. The van der Waals surface area contributed by atoms with Gasteiger partial charge in [-0.15, -0.1) is 0 Å². The molecule has 0 amide bonds. The van der Waals surface area contributed by atoms with Gasteiger partial charge in [0.05, 0.1) is 0 Å². The molecule has 9 nitrogen and oxygen atoms in total. The van der Waals surface area contributed by atoms with Gasteiger partial charge in [0.1, 0.15) is 22.6 Å². The first kappa shape index (κ1) is 32.1. The van der Waals surface area contributed by atoms with E-state index < -0.39 is 35.3 Å². The lowest BCUT2D eigenvalue weighted by Crippen LogP contribution is -2.30. The zero-order valence-electron chi connectivity index (χ0n) is 24.2. The first-order valence-corrected chi connectivity index (χ1v) is 12.9. The van der Waals surface area contributed by atoms with E-state index in [0.717, 1.165) is 0 Å². The highest BCUT2D eigenvalue weighted by Gasteiger charge is 2.29. The molecule has 0 radical (unpaired) electrons. The highest BCUT2D eigenvalue weighted by atomic mass is 16.8. The standard InChI is InChI=1S/C28H44O9/c1-12-18(5)19-16-21(33-24(30)36-27(8,9)14-3)22(34-25(31)37-28(10,11)15-4)17-20(19)32-23(29)35-26(6,7)13-2/h16-18H,12-15H2,1-11H3.